The van der Waals surface area contributed by atoms with Crippen molar-refractivity contribution in [2.45, 2.75) is 64.8 Å². The van der Waals surface area contributed by atoms with Gasteiger partial charge in [0.1, 0.15) is 6.10 Å². The van der Waals surface area contributed by atoms with Crippen molar-refractivity contribution in [3.8, 4) is 10.4 Å². The van der Waals surface area contributed by atoms with Crippen LogP contribution in [0.25, 0.3) is 10.4 Å². The summed E-state index contributed by atoms with van der Waals surface area (Å²) in [6.45, 7) is 5.36. The van der Waals surface area contributed by atoms with Gasteiger partial charge >= 0.3 is 17.9 Å². The Hall–Kier alpha value is -3.67. The van der Waals surface area contributed by atoms with Crippen LogP contribution in [0, 0.1) is 18.6 Å². The van der Waals surface area contributed by atoms with Gasteiger partial charge in [0.05, 0.1) is 0 Å². The van der Waals surface area contributed by atoms with Crippen molar-refractivity contribution in [1.82, 2.24) is 0 Å². The molecule has 2 aromatic carbocycles. The van der Waals surface area contributed by atoms with E-state index in [1.807, 2.05) is 31.2 Å². The molecule has 1 N–H and O–H groups in total. The zero-order chi connectivity index (χ0) is 29.1. The van der Waals surface area contributed by atoms with E-state index < -0.39 is 60.2 Å². The highest BCUT2D eigenvalue weighted by atomic mass is 32.1. The highest BCUT2D eigenvalue weighted by molar-refractivity contribution is 7.15. The molecule has 3 aromatic rings. The van der Waals surface area contributed by atoms with Crippen molar-refractivity contribution >= 4 is 29.2 Å². The number of benzene rings is 2. The topological polar surface area (TPSA) is 108 Å². The van der Waals surface area contributed by atoms with E-state index in [1.54, 1.807) is 6.07 Å². The predicted molar refractivity (Wildman–Crippen MR) is 140 cm³/mol. The number of hydrogen-bond donors (Lipinski definition) is 1. The molecule has 1 aromatic heterocycles. The van der Waals surface area contributed by atoms with Crippen LogP contribution in [0.5, 0.6) is 0 Å². The molecular weight excluding hydrogens is 546 g/mol. The molecule has 1 unspecified atom stereocenters. The first-order valence-electron chi connectivity index (χ1n) is 12.4. The molecule has 1 fully saturated rings. The highest BCUT2D eigenvalue weighted by Crippen LogP contribution is 2.38. The molecule has 11 heteroatoms. The van der Waals surface area contributed by atoms with E-state index in [0.717, 1.165) is 46.9 Å². The van der Waals surface area contributed by atoms with Crippen molar-refractivity contribution in [2.24, 2.45) is 0 Å². The van der Waals surface area contributed by atoms with Gasteiger partial charge in [-0.25, -0.2) is 8.78 Å². The zero-order valence-corrected chi connectivity index (χ0v) is 23.0. The van der Waals surface area contributed by atoms with E-state index in [1.165, 1.54) is 24.3 Å². The van der Waals surface area contributed by atoms with Crippen LogP contribution < -0.4 is 0 Å². The lowest BCUT2D eigenvalue weighted by atomic mass is 9.90. The number of aryl methyl sites for hydroxylation is 1. The van der Waals surface area contributed by atoms with Crippen LogP contribution in [-0.2, 0) is 39.8 Å². The molecule has 2 heterocycles. The monoisotopic (exact) mass is 574 g/mol. The quantitative estimate of drug-likeness (QED) is 0.318. The van der Waals surface area contributed by atoms with E-state index in [4.69, 9.17) is 18.9 Å². The van der Waals surface area contributed by atoms with E-state index in [9.17, 15) is 28.3 Å². The minimum absolute atomic E-state index is 0.491. The third-order valence-corrected chi connectivity index (χ3v) is 7.49. The van der Waals surface area contributed by atoms with Crippen molar-refractivity contribution < 1.29 is 47.2 Å². The maximum Gasteiger partial charge on any atom is 0.303 e. The molecule has 5 atom stereocenters. The number of esters is 3. The van der Waals surface area contributed by atoms with Gasteiger partial charge < -0.3 is 24.1 Å². The first-order chi connectivity index (χ1) is 18.9. The van der Waals surface area contributed by atoms with Crippen LogP contribution in [0.3, 0.4) is 0 Å². The lowest BCUT2D eigenvalue weighted by Crippen LogP contribution is -2.58. The number of aliphatic hydroxyl groups excluding tert-OH is 1. The van der Waals surface area contributed by atoms with Crippen molar-refractivity contribution in [1.29, 1.82) is 0 Å². The molecule has 0 bridgehead atoms. The second kappa shape index (κ2) is 12.2. The zero-order valence-electron chi connectivity index (χ0n) is 22.2. The Kier molecular flexibility index (Phi) is 8.97. The molecular formula is C29H28F2O8S. The normalized spacial score (nSPS) is 22.4. The number of aliphatic hydroxyl groups is 1. The molecule has 0 radical (unpaired) electrons. The summed E-state index contributed by atoms with van der Waals surface area (Å²) in [5.41, 5.74) is 2.93. The summed E-state index contributed by atoms with van der Waals surface area (Å²) in [6, 6.07) is 12.9. The number of rotatable bonds is 7. The fourth-order valence-corrected chi connectivity index (χ4v) is 5.61. The van der Waals surface area contributed by atoms with Crippen molar-refractivity contribution in [3.63, 3.8) is 0 Å². The van der Waals surface area contributed by atoms with Gasteiger partial charge in [-0.1, -0.05) is 24.3 Å². The van der Waals surface area contributed by atoms with Crippen LogP contribution in [0.15, 0.2) is 48.5 Å². The minimum atomic E-state index is -1.68. The molecule has 8 nitrogen and oxygen atoms in total. The molecule has 1 aliphatic heterocycles. The van der Waals surface area contributed by atoms with Gasteiger partial charge in [0.15, 0.2) is 36.2 Å². The van der Waals surface area contributed by atoms with Gasteiger partial charge in [-0.2, -0.15) is 0 Å². The molecule has 0 spiro atoms. The van der Waals surface area contributed by atoms with Crippen LogP contribution in [-0.4, -0.2) is 47.6 Å². The molecule has 1 aliphatic rings. The number of carbonyl (C=O) groups excluding carboxylic acids is 3. The van der Waals surface area contributed by atoms with Gasteiger partial charge in [0, 0.05) is 36.9 Å². The number of hydrogen-bond acceptors (Lipinski definition) is 9. The number of carbonyl (C=O) groups is 3. The van der Waals surface area contributed by atoms with Crippen LogP contribution >= 0.6 is 11.3 Å². The van der Waals surface area contributed by atoms with Gasteiger partial charge in [-0.05, 0) is 53.4 Å². The third-order valence-electron chi connectivity index (χ3n) is 6.35. The Balaban J connectivity index is 1.65. The van der Waals surface area contributed by atoms with Crippen LogP contribution in [0.2, 0.25) is 0 Å². The van der Waals surface area contributed by atoms with E-state index in [0.29, 0.717) is 17.5 Å². The maximum atomic E-state index is 13.7. The minimum Gasteiger partial charge on any atom is -0.455 e. The predicted octanol–water partition coefficient (Wildman–Crippen LogP) is 4.78. The Morgan fingerprint density at radius 2 is 1.50 bits per heavy atom. The van der Waals surface area contributed by atoms with Crippen LogP contribution in [0.1, 0.15) is 48.4 Å². The molecule has 0 amide bonds. The molecule has 0 saturated carbocycles. The number of halogens is 2. The smallest absolute Gasteiger partial charge is 0.303 e. The lowest BCUT2D eigenvalue weighted by molar-refractivity contribution is -0.293. The molecule has 0 aliphatic carbocycles. The van der Waals surface area contributed by atoms with Crippen molar-refractivity contribution in [2.75, 3.05) is 0 Å². The van der Waals surface area contributed by atoms with Crippen molar-refractivity contribution in [3.05, 3.63) is 81.7 Å². The first-order valence-corrected chi connectivity index (χ1v) is 13.2. The molecule has 4 rings (SSSR count). The number of thiophene rings is 1. The van der Waals surface area contributed by atoms with E-state index in [2.05, 4.69) is 0 Å². The first kappa shape index (κ1) is 29.3. The SMILES string of the molecule is CC(=O)O[C@H]1[C@H](OC(C)=O)[C@@H](OC(C)=O)C(c2ccc(C)c(Cc3ccc(-c4ccc(F)c(F)c4)s3)c2)O[C@@H]1O. The largest absolute Gasteiger partial charge is 0.455 e. The molecule has 212 valence electrons. The fourth-order valence-electron chi connectivity index (χ4n) is 4.58. The fraction of sp³-hybridized carbons (Fsp3) is 0.345. The maximum absolute atomic E-state index is 13.7. The third kappa shape index (κ3) is 6.72. The summed E-state index contributed by atoms with van der Waals surface area (Å²) in [5.74, 6) is -4.00. The Labute approximate surface area is 233 Å². The van der Waals surface area contributed by atoms with Crippen LogP contribution in [0.4, 0.5) is 8.78 Å². The summed E-state index contributed by atoms with van der Waals surface area (Å²) in [5, 5.41) is 10.7. The van der Waals surface area contributed by atoms with E-state index in [-0.39, 0.29) is 0 Å². The summed E-state index contributed by atoms with van der Waals surface area (Å²) in [7, 11) is 0. The Morgan fingerprint density at radius 1 is 0.850 bits per heavy atom. The van der Waals surface area contributed by atoms with Gasteiger partial charge in [-0.3, -0.25) is 14.4 Å². The lowest BCUT2D eigenvalue weighted by Gasteiger charge is -2.43. The summed E-state index contributed by atoms with van der Waals surface area (Å²) < 4.78 is 48.9. The standard InChI is InChI=1S/C29H28F2O8S/c1-14-5-6-19(11-20(14)12-21-8-10-24(40-21)18-7-9-22(30)23(31)13-18)25-26(36-15(2)32)27(37-16(3)33)28(29(35)39-25)38-17(4)34/h5-11,13,25-29,35H,12H2,1-4H3/t25?,26-,27+,28-,29-/m0/s1. The number of ether oxygens (including phenoxy) is 4. The molecule has 1 saturated heterocycles. The van der Waals surface area contributed by atoms with Gasteiger partial charge in [0.2, 0.25) is 0 Å². The second-order valence-electron chi connectivity index (χ2n) is 9.43. The Morgan fingerprint density at radius 3 is 2.15 bits per heavy atom. The average Bonchev–Trinajstić information content (AvgIpc) is 3.34. The van der Waals surface area contributed by atoms with Gasteiger partial charge in [-0.15, -0.1) is 11.3 Å². The summed E-state index contributed by atoms with van der Waals surface area (Å²) in [6.07, 6.45) is -6.23. The van der Waals surface area contributed by atoms with Gasteiger partial charge in [0.25, 0.3) is 0 Å². The molecule has 40 heavy (non-hydrogen) atoms. The van der Waals surface area contributed by atoms with E-state index >= 15 is 0 Å². The summed E-state index contributed by atoms with van der Waals surface area (Å²) >= 11 is 1.43. The highest BCUT2D eigenvalue weighted by Gasteiger charge is 2.51. The second-order valence-corrected chi connectivity index (χ2v) is 10.6. The Bertz CT molecular complexity index is 1420. The summed E-state index contributed by atoms with van der Waals surface area (Å²) in [4.78, 5) is 37.3. The average molecular weight is 575 g/mol.